The molecule has 1 aromatic rings. The van der Waals surface area contributed by atoms with Crippen molar-refractivity contribution in [2.75, 3.05) is 7.05 Å². The molecule has 3 nitrogen and oxygen atoms in total. The van der Waals surface area contributed by atoms with Crippen LogP contribution in [-0.2, 0) is 11.3 Å². The zero-order valence-electron chi connectivity index (χ0n) is 12.2. The number of benzene rings is 1. The molecule has 0 aromatic heterocycles. The van der Waals surface area contributed by atoms with Gasteiger partial charge in [-0.1, -0.05) is 36.6 Å². The first-order valence-electron chi connectivity index (χ1n) is 7.31. The number of rotatable bonds is 5. The van der Waals surface area contributed by atoms with Crippen LogP contribution in [0.4, 0.5) is 0 Å². The maximum atomic E-state index is 12.2. The number of hydrogen-bond acceptors (Lipinski definition) is 2. The molecular formula is C16H23ClN2O. The van der Waals surface area contributed by atoms with Gasteiger partial charge in [-0.05, 0) is 44.5 Å². The van der Waals surface area contributed by atoms with E-state index in [1.807, 2.05) is 38.2 Å². The molecule has 1 saturated carbocycles. The molecule has 1 fully saturated rings. The summed E-state index contributed by atoms with van der Waals surface area (Å²) in [5.41, 5.74) is 1.16. The van der Waals surface area contributed by atoms with E-state index in [0.29, 0.717) is 6.04 Å². The van der Waals surface area contributed by atoms with E-state index in [0.717, 1.165) is 30.0 Å². The molecule has 1 atom stereocenters. The third kappa shape index (κ3) is 4.22. The third-order valence-electron chi connectivity index (χ3n) is 4.09. The number of halogens is 1. The first-order chi connectivity index (χ1) is 9.56. The highest BCUT2D eigenvalue weighted by Gasteiger charge is 2.22. The molecule has 1 N–H and O–H groups in total. The summed E-state index contributed by atoms with van der Waals surface area (Å²) in [6.45, 7) is 2.70. The van der Waals surface area contributed by atoms with Crippen molar-refractivity contribution in [1.82, 2.24) is 10.2 Å². The minimum atomic E-state index is -0.119. The van der Waals surface area contributed by atoms with E-state index in [2.05, 4.69) is 10.2 Å². The molecule has 0 spiro atoms. The molecule has 0 heterocycles. The first kappa shape index (κ1) is 15.3. The van der Waals surface area contributed by atoms with Gasteiger partial charge in [-0.15, -0.1) is 0 Å². The van der Waals surface area contributed by atoms with Gasteiger partial charge in [0, 0.05) is 17.6 Å². The molecule has 0 aliphatic heterocycles. The Bertz CT molecular complexity index is 440. The van der Waals surface area contributed by atoms with Crippen molar-refractivity contribution in [3.8, 4) is 0 Å². The van der Waals surface area contributed by atoms with E-state index < -0.39 is 0 Å². The maximum Gasteiger partial charge on any atom is 0.237 e. The monoisotopic (exact) mass is 294 g/mol. The van der Waals surface area contributed by atoms with Crippen molar-refractivity contribution in [2.24, 2.45) is 0 Å². The number of amides is 1. The minimum absolute atomic E-state index is 0.119. The second kappa shape index (κ2) is 7.09. The molecule has 0 saturated heterocycles. The fourth-order valence-electron chi connectivity index (χ4n) is 2.61. The van der Waals surface area contributed by atoms with Crippen molar-refractivity contribution in [2.45, 2.75) is 51.2 Å². The summed E-state index contributed by atoms with van der Waals surface area (Å²) >= 11 is 5.88. The van der Waals surface area contributed by atoms with Crippen molar-refractivity contribution < 1.29 is 4.79 Å². The number of nitrogens with zero attached hydrogens (tertiary/aromatic N) is 1. The van der Waals surface area contributed by atoms with Crippen LogP contribution < -0.4 is 5.32 Å². The fraction of sp³-hybridized carbons (Fsp3) is 0.562. The quantitative estimate of drug-likeness (QED) is 0.904. The lowest BCUT2D eigenvalue weighted by atomic mass is 10.1. The molecule has 1 unspecified atom stereocenters. The second-order valence-electron chi connectivity index (χ2n) is 5.71. The molecular weight excluding hydrogens is 272 g/mol. The smallest absolute Gasteiger partial charge is 0.237 e. The average Bonchev–Trinajstić information content (AvgIpc) is 2.93. The zero-order valence-corrected chi connectivity index (χ0v) is 13.0. The number of carbonyl (C=O) groups is 1. The standard InChI is InChI=1S/C16H23ClN2O/c1-12(16(20)18-15-5-3-4-6-15)19(2)11-13-7-9-14(17)10-8-13/h7-10,12,15H,3-6,11H2,1-2H3,(H,18,20). The third-order valence-corrected chi connectivity index (χ3v) is 4.34. The molecule has 1 amide bonds. The Labute approximate surface area is 126 Å². The topological polar surface area (TPSA) is 32.3 Å². The highest BCUT2D eigenvalue weighted by Crippen LogP contribution is 2.18. The van der Waals surface area contributed by atoms with Crippen LogP contribution in [0.5, 0.6) is 0 Å². The van der Waals surface area contributed by atoms with Gasteiger partial charge in [-0.3, -0.25) is 9.69 Å². The van der Waals surface area contributed by atoms with Gasteiger partial charge in [0.05, 0.1) is 6.04 Å². The molecule has 1 aliphatic carbocycles. The van der Waals surface area contributed by atoms with Crippen molar-refractivity contribution in [3.63, 3.8) is 0 Å². The zero-order chi connectivity index (χ0) is 14.5. The minimum Gasteiger partial charge on any atom is -0.352 e. The Morgan fingerprint density at radius 3 is 2.55 bits per heavy atom. The normalized spacial score (nSPS) is 17.4. The van der Waals surface area contributed by atoms with E-state index in [4.69, 9.17) is 11.6 Å². The van der Waals surface area contributed by atoms with Crippen LogP contribution >= 0.6 is 11.6 Å². The Morgan fingerprint density at radius 2 is 1.95 bits per heavy atom. The van der Waals surface area contributed by atoms with Crippen LogP contribution in [0, 0.1) is 0 Å². The van der Waals surface area contributed by atoms with Gasteiger partial charge in [0.15, 0.2) is 0 Å². The predicted molar refractivity (Wildman–Crippen MR) is 82.8 cm³/mol. The second-order valence-corrected chi connectivity index (χ2v) is 6.14. The summed E-state index contributed by atoms with van der Waals surface area (Å²) in [7, 11) is 1.98. The van der Waals surface area contributed by atoms with Crippen molar-refractivity contribution in [3.05, 3.63) is 34.9 Å². The van der Waals surface area contributed by atoms with Gasteiger partial charge in [0.2, 0.25) is 5.91 Å². The molecule has 0 radical (unpaired) electrons. The van der Waals surface area contributed by atoms with E-state index >= 15 is 0 Å². The molecule has 1 aromatic carbocycles. The lowest BCUT2D eigenvalue weighted by molar-refractivity contribution is -0.126. The van der Waals surface area contributed by atoms with Gasteiger partial charge in [-0.2, -0.15) is 0 Å². The number of nitrogens with one attached hydrogen (secondary N) is 1. The lowest BCUT2D eigenvalue weighted by Gasteiger charge is -2.25. The van der Waals surface area contributed by atoms with Crippen molar-refractivity contribution >= 4 is 17.5 Å². The number of carbonyl (C=O) groups excluding carboxylic acids is 1. The number of hydrogen-bond donors (Lipinski definition) is 1. The molecule has 110 valence electrons. The van der Waals surface area contributed by atoms with Crippen LogP contribution in [0.2, 0.25) is 5.02 Å². The van der Waals surface area contributed by atoms with Gasteiger partial charge < -0.3 is 5.32 Å². The lowest BCUT2D eigenvalue weighted by Crippen LogP contribution is -2.46. The summed E-state index contributed by atoms with van der Waals surface area (Å²) in [5, 5.41) is 3.89. The summed E-state index contributed by atoms with van der Waals surface area (Å²) in [6.07, 6.45) is 4.72. The fourth-order valence-corrected chi connectivity index (χ4v) is 2.73. The summed E-state index contributed by atoms with van der Waals surface area (Å²) in [6, 6.07) is 8.03. The first-order valence-corrected chi connectivity index (χ1v) is 7.69. The van der Waals surface area contributed by atoms with Gasteiger partial charge in [0.25, 0.3) is 0 Å². The van der Waals surface area contributed by atoms with Crippen LogP contribution in [0.25, 0.3) is 0 Å². The predicted octanol–water partition coefficient (Wildman–Crippen LogP) is 3.22. The van der Waals surface area contributed by atoms with E-state index in [-0.39, 0.29) is 11.9 Å². The van der Waals surface area contributed by atoms with Crippen LogP contribution in [0.15, 0.2) is 24.3 Å². The van der Waals surface area contributed by atoms with Crippen LogP contribution in [-0.4, -0.2) is 29.9 Å². The highest BCUT2D eigenvalue weighted by atomic mass is 35.5. The summed E-state index contributed by atoms with van der Waals surface area (Å²) in [4.78, 5) is 14.3. The molecule has 4 heteroatoms. The highest BCUT2D eigenvalue weighted by molar-refractivity contribution is 6.30. The van der Waals surface area contributed by atoms with E-state index in [9.17, 15) is 4.79 Å². The van der Waals surface area contributed by atoms with Crippen molar-refractivity contribution in [1.29, 1.82) is 0 Å². The van der Waals surface area contributed by atoms with Gasteiger partial charge in [0.1, 0.15) is 0 Å². The largest absolute Gasteiger partial charge is 0.352 e. The summed E-state index contributed by atoms with van der Waals surface area (Å²) < 4.78 is 0. The molecule has 1 aliphatic rings. The molecule has 0 bridgehead atoms. The average molecular weight is 295 g/mol. The Kier molecular flexibility index (Phi) is 5.44. The van der Waals surface area contributed by atoms with Crippen LogP contribution in [0.3, 0.4) is 0 Å². The summed E-state index contributed by atoms with van der Waals surface area (Å²) in [5.74, 6) is 0.133. The maximum absolute atomic E-state index is 12.2. The van der Waals surface area contributed by atoms with Gasteiger partial charge >= 0.3 is 0 Å². The van der Waals surface area contributed by atoms with Gasteiger partial charge in [-0.25, -0.2) is 0 Å². The Morgan fingerprint density at radius 1 is 1.35 bits per heavy atom. The number of likely N-dealkylation sites (N-methyl/N-ethyl adjacent to an activating group) is 1. The van der Waals surface area contributed by atoms with E-state index in [1.165, 1.54) is 12.8 Å². The van der Waals surface area contributed by atoms with E-state index in [1.54, 1.807) is 0 Å². The SMILES string of the molecule is CC(C(=O)NC1CCCC1)N(C)Cc1ccc(Cl)cc1. The van der Waals surface area contributed by atoms with Crippen LogP contribution in [0.1, 0.15) is 38.2 Å². The molecule has 2 rings (SSSR count). The Hall–Kier alpha value is -1.06. The molecule has 20 heavy (non-hydrogen) atoms. The Balaban J connectivity index is 1.85.